The van der Waals surface area contributed by atoms with Gasteiger partial charge in [-0.2, -0.15) is 0 Å². The summed E-state index contributed by atoms with van der Waals surface area (Å²) in [6.07, 6.45) is 4.45. The highest BCUT2D eigenvalue weighted by Gasteiger charge is 2.52. The highest BCUT2D eigenvalue weighted by atomic mass is 16.1. The van der Waals surface area contributed by atoms with Crippen LogP contribution in [-0.4, -0.2) is 5.78 Å². The third kappa shape index (κ3) is 2.12. The first-order chi connectivity index (χ1) is 10.5. The molecule has 2 aromatic carbocycles. The Morgan fingerprint density at radius 3 is 1.68 bits per heavy atom. The lowest BCUT2D eigenvalue weighted by Gasteiger charge is -2.40. The summed E-state index contributed by atoms with van der Waals surface area (Å²) in [6, 6.07) is 20.8. The Bertz CT molecular complexity index is 656. The van der Waals surface area contributed by atoms with Gasteiger partial charge < -0.3 is 0 Å². The van der Waals surface area contributed by atoms with Crippen molar-refractivity contribution in [1.82, 2.24) is 0 Å². The van der Waals surface area contributed by atoms with Gasteiger partial charge in [0, 0.05) is 11.3 Å². The van der Waals surface area contributed by atoms with Crippen molar-refractivity contribution in [2.75, 3.05) is 0 Å². The molecule has 3 rings (SSSR count). The summed E-state index contributed by atoms with van der Waals surface area (Å²) in [5.74, 6) is 0.146. The molecular weight excluding hydrogens is 268 g/mol. The summed E-state index contributed by atoms with van der Waals surface area (Å²) in [4.78, 5) is 12.6. The number of allylic oxidation sites excluding steroid dienone is 2. The zero-order chi connectivity index (χ0) is 15.8. The minimum atomic E-state index is -0.377. The first kappa shape index (κ1) is 14.8. The molecular formula is C21H22O. The monoisotopic (exact) mass is 290 g/mol. The third-order valence-electron chi connectivity index (χ3n) is 4.88. The van der Waals surface area contributed by atoms with E-state index in [0.717, 1.165) is 0 Å². The molecule has 2 aromatic rings. The zero-order valence-electron chi connectivity index (χ0n) is 13.4. The Labute approximate surface area is 132 Å². The van der Waals surface area contributed by atoms with Crippen LogP contribution in [0.5, 0.6) is 0 Å². The molecule has 0 saturated heterocycles. The van der Waals surface area contributed by atoms with E-state index in [1.54, 1.807) is 6.92 Å². The van der Waals surface area contributed by atoms with Crippen molar-refractivity contribution in [2.45, 2.75) is 26.2 Å². The summed E-state index contributed by atoms with van der Waals surface area (Å²) >= 11 is 0. The maximum Gasteiger partial charge on any atom is 0.135 e. The molecule has 1 aliphatic carbocycles. The number of benzene rings is 2. The molecule has 0 spiro atoms. The van der Waals surface area contributed by atoms with Crippen molar-refractivity contribution in [2.24, 2.45) is 11.3 Å². The van der Waals surface area contributed by atoms with E-state index in [1.807, 2.05) is 12.1 Å². The molecule has 0 heterocycles. The summed E-state index contributed by atoms with van der Waals surface area (Å²) in [6.45, 7) is 6.03. The van der Waals surface area contributed by atoms with Crippen LogP contribution in [0.1, 0.15) is 31.9 Å². The van der Waals surface area contributed by atoms with Crippen LogP contribution in [0.4, 0.5) is 0 Å². The van der Waals surface area contributed by atoms with Gasteiger partial charge in [0.2, 0.25) is 0 Å². The van der Waals surface area contributed by atoms with Crippen LogP contribution in [0, 0.1) is 11.3 Å². The van der Waals surface area contributed by atoms with E-state index in [4.69, 9.17) is 0 Å². The molecule has 1 heteroatoms. The lowest BCUT2D eigenvalue weighted by atomic mass is 9.61. The second-order valence-corrected chi connectivity index (χ2v) is 6.80. The van der Waals surface area contributed by atoms with E-state index in [2.05, 4.69) is 74.5 Å². The van der Waals surface area contributed by atoms with Gasteiger partial charge in [-0.05, 0) is 23.5 Å². The number of Topliss-reactive ketones (excluding diaryl/α,β-unsaturated/α-hetero) is 1. The summed E-state index contributed by atoms with van der Waals surface area (Å²) < 4.78 is 0. The molecule has 0 bridgehead atoms. The van der Waals surface area contributed by atoms with Gasteiger partial charge in [-0.25, -0.2) is 0 Å². The van der Waals surface area contributed by atoms with E-state index < -0.39 is 0 Å². The van der Waals surface area contributed by atoms with Gasteiger partial charge in [-0.1, -0.05) is 86.7 Å². The molecule has 1 atom stereocenters. The number of hydrogen-bond acceptors (Lipinski definition) is 1. The normalized spacial score (nSPS) is 21.7. The van der Waals surface area contributed by atoms with E-state index in [9.17, 15) is 4.79 Å². The molecule has 0 saturated carbocycles. The van der Waals surface area contributed by atoms with Crippen LogP contribution in [0.25, 0.3) is 0 Å². The lowest BCUT2D eigenvalue weighted by molar-refractivity contribution is -0.124. The third-order valence-corrected chi connectivity index (χ3v) is 4.88. The van der Waals surface area contributed by atoms with Gasteiger partial charge in [0.05, 0.1) is 0 Å². The second-order valence-electron chi connectivity index (χ2n) is 6.80. The van der Waals surface area contributed by atoms with Crippen molar-refractivity contribution in [3.63, 3.8) is 0 Å². The fourth-order valence-electron chi connectivity index (χ4n) is 4.09. The van der Waals surface area contributed by atoms with Crippen molar-refractivity contribution in [1.29, 1.82) is 0 Å². The van der Waals surface area contributed by atoms with Gasteiger partial charge >= 0.3 is 0 Å². The highest BCUT2D eigenvalue weighted by molar-refractivity contribution is 5.84. The lowest BCUT2D eigenvalue weighted by Crippen LogP contribution is -2.42. The molecule has 0 aromatic heterocycles. The van der Waals surface area contributed by atoms with Crippen molar-refractivity contribution in [3.05, 3.63) is 83.9 Å². The largest absolute Gasteiger partial charge is 0.300 e. The number of rotatable bonds is 3. The molecule has 0 fully saturated rings. The van der Waals surface area contributed by atoms with E-state index in [0.29, 0.717) is 0 Å². The van der Waals surface area contributed by atoms with Gasteiger partial charge in [-0.3, -0.25) is 4.79 Å². The first-order valence-electron chi connectivity index (χ1n) is 7.80. The fourth-order valence-corrected chi connectivity index (χ4v) is 4.09. The molecule has 22 heavy (non-hydrogen) atoms. The molecule has 1 aliphatic rings. The van der Waals surface area contributed by atoms with Crippen molar-refractivity contribution in [3.8, 4) is 0 Å². The Hall–Kier alpha value is -2.15. The maximum atomic E-state index is 12.6. The van der Waals surface area contributed by atoms with Crippen LogP contribution in [0.15, 0.2) is 72.8 Å². The Balaban J connectivity index is 2.30. The Morgan fingerprint density at radius 2 is 1.27 bits per heavy atom. The SMILES string of the molecule is CC(=O)C1C(C)(C)C=CC1(c1ccccc1)c1ccccc1. The van der Waals surface area contributed by atoms with Crippen LogP contribution in [-0.2, 0) is 10.2 Å². The van der Waals surface area contributed by atoms with Crippen LogP contribution in [0.2, 0.25) is 0 Å². The number of ketones is 1. The average molecular weight is 290 g/mol. The predicted octanol–water partition coefficient (Wildman–Crippen LogP) is 4.77. The Kier molecular flexibility index (Phi) is 3.52. The predicted molar refractivity (Wildman–Crippen MR) is 90.8 cm³/mol. The average Bonchev–Trinajstić information content (AvgIpc) is 2.82. The smallest absolute Gasteiger partial charge is 0.135 e. The fraction of sp³-hybridized carbons (Fsp3) is 0.286. The molecule has 0 aliphatic heterocycles. The summed E-state index contributed by atoms with van der Waals surface area (Å²) in [5, 5.41) is 0. The van der Waals surface area contributed by atoms with Crippen LogP contribution in [0.3, 0.4) is 0 Å². The standard InChI is InChI=1S/C21H22O/c1-16(22)19-20(2,3)14-15-21(19,17-10-6-4-7-11-17)18-12-8-5-9-13-18/h4-15,19H,1-3H3. The summed E-state index contributed by atoms with van der Waals surface area (Å²) in [7, 11) is 0. The van der Waals surface area contributed by atoms with Crippen molar-refractivity contribution < 1.29 is 4.79 Å². The molecule has 112 valence electrons. The van der Waals surface area contributed by atoms with Crippen LogP contribution >= 0.6 is 0 Å². The van der Waals surface area contributed by atoms with Gasteiger partial charge in [-0.15, -0.1) is 0 Å². The second kappa shape index (κ2) is 5.24. The highest BCUT2D eigenvalue weighted by Crippen LogP contribution is 2.54. The van der Waals surface area contributed by atoms with E-state index in [-0.39, 0.29) is 22.5 Å². The zero-order valence-corrected chi connectivity index (χ0v) is 13.4. The topological polar surface area (TPSA) is 17.1 Å². The summed E-state index contributed by atoms with van der Waals surface area (Å²) in [5.41, 5.74) is 1.83. The van der Waals surface area contributed by atoms with E-state index in [1.165, 1.54) is 11.1 Å². The molecule has 1 nitrogen and oxygen atoms in total. The van der Waals surface area contributed by atoms with Gasteiger partial charge in [0.25, 0.3) is 0 Å². The molecule has 0 N–H and O–H groups in total. The molecule has 0 amide bonds. The van der Waals surface area contributed by atoms with E-state index >= 15 is 0 Å². The van der Waals surface area contributed by atoms with Gasteiger partial charge in [0.15, 0.2) is 0 Å². The number of carbonyl (C=O) groups excluding carboxylic acids is 1. The number of carbonyl (C=O) groups is 1. The quantitative estimate of drug-likeness (QED) is 0.744. The Morgan fingerprint density at radius 1 is 0.818 bits per heavy atom. The molecule has 0 radical (unpaired) electrons. The molecule has 1 unspecified atom stereocenters. The maximum absolute atomic E-state index is 12.6. The minimum absolute atomic E-state index is 0.0928. The minimum Gasteiger partial charge on any atom is -0.300 e. The number of hydrogen-bond donors (Lipinski definition) is 0. The van der Waals surface area contributed by atoms with Gasteiger partial charge in [0.1, 0.15) is 5.78 Å². The van der Waals surface area contributed by atoms with Crippen LogP contribution < -0.4 is 0 Å². The van der Waals surface area contributed by atoms with Crippen molar-refractivity contribution >= 4 is 5.78 Å². The first-order valence-corrected chi connectivity index (χ1v) is 7.80.